The van der Waals surface area contributed by atoms with E-state index in [0.717, 1.165) is 24.8 Å². The third-order valence-electron chi connectivity index (χ3n) is 10.5. The number of hydrogen-bond donors (Lipinski definition) is 2. The molecule has 2 N–H and O–H groups in total. The number of fused-ring (bicyclic) bond motifs is 1. The van der Waals surface area contributed by atoms with Crippen molar-refractivity contribution in [2.75, 3.05) is 18.6 Å². The molecule has 3 amide bonds. The summed E-state index contributed by atoms with van der Waals surface area (Å²) in [6, 6.07) is 12.0. The largest absolute Gasteiger partial charge is 0.497 e. The van der Waals surface area contributed by atoms with Gasteiger partial charge in [-0.25, -0.2) is 0 Å². The fraction of sp³-hybridized carbons (Fsp3) is 0.514. The van der Waals surface area contributed by atoms with Crippen molar-refractivity contribution in [3.05, 3.63) is 59.7 Å². The summed E-state index contributed by atoms with van der Waals surface area (Å²) in [6.45, 7) is 0.802. The van der Waals surface area contributed by atoms with Crippen LogP contribution in [-0.2, 0) is 25.7 Å². The third-order valence-corrected chi connectivity index (χ3v) is 10.5. The number of nitrogens with one attached hydrogen (secondary N) is 1. The van der Waals surface area contributed by atoms with Crippen molar-refractivity contribution in [3.63, 3.8) is 0 Å². The minimum absolute atomic E-state index is 0.149. The molecule has 10 nitrogen and oxygen atoms in total. The van der Waals surface area contributed by atoms with Crippen LogP contribution < -0.4 is 15.0 Å². The maximum atomic E-state index is 15.1. The van der Waals surface area contributed by atoms with E-state index in [9.17, 15) is 24.3 Å². The maximum Gasteiger partial charge on any atom is 0.322 e. The second-order valence-electron chi connectivity index (χ2n) is 13.6. The molecule has 45 heavy (non-hydrogen) atoms. The van der Waals surface area contributed by atoms with Gasteiger partial charge in [0.05, 0.1) is 19.3 Å². The first kappa shape index (κ1) is 30.8. The van der Waals surface area contributed by atoms with Crippen LogP contribution in [0, 0.1) is 23.2 Å². The summed E-state index contributed by atoms with van der Waals surface area (Å²) in [7, 11) is 1.48. The molecule has 0 aromatic heterocycles. The number of carbonyl (C=O) groups is 5. The van der Waals surface area contributed by atoms with Crippen molar-refractivity contribution >= 4 is 35.2 Å². The first-order chi connectivity index (χ1) is 21.6. The first-order valence-electron chi connectivity index (χ1n) is 15.9. The number of methoxy groups -OCH3 is 1. The monoisotopic (exact) mass is 615 g/mol. The maximum absolute atomic E-state index is 15.1. The van der Waals surface area contributed by atoms with Crippen LogP contribution in [0.4, 0.5) is 5.69 Å². The first-order valence-corrected chi connectivity index (χ1v) is 15.9. The Morgan fingerprint density at radius 3 is 2.20 bits per heavy atom. The molecule has 0 radical (unpaired) electrons. The van der Waals surface area contributed by atoms with Crippen LogP contribution in [0.2, 0.25) is 0 Å². The molecule has 2 aromatic carbocycles. The molecule has 2 aromatic rings. The fourth-order valence-corrected chi connectivity index (χ4v) is 9.12. The molecule has 238 valence electrons. The molecule has 4 saturated carbocycles. The molecular formula is C35H41N3O7. The number of ketones is 1. The van der Waals surface area contributed by atoms with Gasteiger partial charge in [0.2, 0.25) is 17.7 Å². The number of carbonyl (C=O) groups excluding carboxylic acids is 4. The number of nitrogens with zero attached hydrogens (tertiary/aromatic N) is 2. The highest BCUT2D eigenvalue weighted by Crippen LogP contribution is 2.62. The van der Waals surface area contributed by atoms with Gasteiger partial charge in [0, 0.05) is 18.9 Å². The zero-order valence-electron chi connectivity index (χ0n) is 25.9. The molecular weight excluding hydrogens is 574 g/mol. The van der Waals surface area contributed by atoms with E-state index in [0.29, 0.717) is 35.6 Å². The molecule has 10 heteroatoms. The van der Waals surface area contributed by atoms with Gasteiger partial charge in [-0.1, -0.05) is 30.3 Å². The van der Waals surface area contributed by atoms with Gasteiger partial charge >= 0.3 is 5.97 Å². The fourth-order valence-electron chi connectivity index (χ4n) is 9.12. The van der Waals surface area contributed by atoms with Crippen LogP contribution in [-0.4, -0.2) is 65.2 Å². The molecule has 1 heterocycles. The summed E-state index contributed by atoms with van der Waals surface area (Å²) in [5.74, 6) is -1.15. The SMILES string of the molecule is COc1ccc2c(c1)C(=O)C[C@H](C(=O)NCC(=O)O)N(C(C)=O)[C@@H](CC13CC4CC(CC(C4)C1)C3)C(=O)N2Cc1ccccc1. The number of aliphatic carboxylic acids is 1. The van der Waals surface area contributed by atoms with Crippen LogP contribution in [0.3, 0.4) is 0 Å². The number of amides is 3. The van der Waals surface area contributed by atoms with Gasteiger partial charge in [0.15, 0.2) is 5.78 Å². The van der Waals surface area contributed by atoms with Gasteiger partial charge in [0.1, 0.15) is 24.4 Å². The minimum Gasteiger partial charge on any atom is -0.497 e. The van der Waals surface area contributed by atoms with Crippen LogP contribution in [0.15, 0.2) is 48.5 Å². The van der Waals surface area contributed by atoms with E-state index >= 15 is 4.79 Å². The molecule has 0 spiro atoms. The van der Waals surface area contributed by atoms with E-state index in [1.807, 2.05) is 30.3 Å². The van der Waals surface area contributed by atoms with Crippen LogP contribution in [0.1, 0.15) is 74.2 Å². The number of carboxylic acids is 1. The summed E-state index contributed by atoms with van der Waals surface area (Å²) in [5.41, 5.74) is 1.29. The average Bonchev–Trinajstić information content (AvgIpc) is 3.03. The number of hydrogen-bond acceptors (Lipinski definition) is 6. The predicted molar refractivity (Wildman–Crippen MR) is 166 cm³/mol. The molecule has 0 saturated heterocycles. The smallest absolute Gasteiger partial charge is 0.322 e. The number of benzene rings is 2. The molecule has 4 aliphatic carbocycles. The van der Waals surface area contributed by atoms with Crippen LogP contribution in [0.25, 0.3) is 0 Å². The third kappa shape index (κ3) is 6.19. The Labute approximate surface area is 263 Å². The number of anilines is 1. The average molecular weight is 616 g/mol. The van der Waals surface area contributed by atoms with Gasteiger partial charge in [-0.2, -0.15) is 0 Å². The molecule has 0 unspecified atom stereocenters. The Balaban J connectivity index is 1.50. The lowest BCUT2D eigenvalue weighted by Gasteiger charge is -2.58. The van der Waals surface area contributed by atoms with Crippen LogP contribution in [0.5, 0.6) is 5.75 Å². The van der Waals surface area contributed by atoms with Gasteiger partial charge in [-0.05, 0) is 91.9 Å². The van der Waals surface area contributed by atoms with Crippen LogP contribution >= 0.6 is 0 Å². The normalized spacial score (nSPS) is 29.0. The molecule has 4 fully saturated rings. The second kappa shape index (κ2) is 12.3. The van der Waals surface area contributed by atoms with Gasteiger partial charge in [0.25, 0.3) is 0 Å². The quantitative estimate of drug-likeness (QED) is 0.455. The van der Waals surface area contributed by atoms with Crippen molar-refractivity contribution in [3.8, 4) is 5.75 Å². The van der Waals surface area contributed by atoms with E-state index in [1.54, 1.807) is 23.1 Å². The van der Waals surface area contributed by atoms with E-state index in [4.69, 9.17) is 4.74 Å². The zero-order chi connectivity index (χ0) is 31.9. The van der Waals surface area contributed by atoms with E-state index in [-0.39, 0.29) is 23.4 Å². The number of Topliss-reactive ketones (excluding diaryl/α,β-unsaturated/α-hetero) is 1. The highest BCUT2D eigenvalue weighted by molar-refractivity contribution is 6.10. The van der Waals surface area contributed by atoms with Crippen molar-refractivity contribution in [1.82, 2.24) is 10.2 Å². The van der Waals surface area contributed by atoms with Gasteiger partial charge in [-0.15, -0.1) is 0 Å². The number of carboxylic acid groups (broad SMARTS) is 1. The number of ether oxygens (including phenoxy) is 1. The van der Waals surface area contributed by atoms with E-state index in [2.05, 4.69) is 5.32 Å². The Morgan fingerprint density at radius 2 is 1.62 bits per heavy atom. The number of rotatable bonds is 8. The van der Waals surface area contributed by atoms with Crippen molar-refractivity contribution in [1.29, 1.82) is 0 Å². The lowest BCUT2D eigenvalue weighted by Crippen LogP contribution is -2.60. The topological polar surface area (TPSA) is 133 Å². The second-order valence-corrected chi connectivity index (χ2v) is 13.6. The lowest BCUT2D eigenvalue weighted by atomic mass is 9.48. The molecule has 7 rings (SSSR count). The van der Waals surface area contributed by atoms with Crippen molar-refractivity contribution < 1.29 is 33.8 Å². The van der Waals surface area contributed by atoms with E-state index in [1.165, 1.54) is 38.2 Å². The molecule has 5 aliphatic rings. The van der Waals surface area contributed by atoms with Crippen molar-refractivity contribution in [2.45, 2.75) is 76.9 Å². The van der Waals surface area contributed by atoms with Gasteiger partial charge in [-0.3, -0.25) is 24.0 Å². The highest BCUT2D eigenvalue weighted by Gasteiger charge is 2.54. The highest BCUT2D eigenvalue weighted by atomic mass is 16.5. The standard InChI is InChI=1S/C35H41N3O7/c1-21(39)38-29(33(43)36-19-32(41)42)14-31(40)27-13-26(45-2)8-9-28(27)37(20-22-6-4-3-5-7-22)34(44)30(38)18-35-15-23-10-24(16-35)12-25(11-23)17-35/h3-9,13,23-25,29-30H,10-12,14-20H2,1-2H3,(H,36,43)(H,41,42)/t23?,24?,25?,29-,30+,35?/m1/s1. The molecule has 4 bridgehead atoms. The minimum atomic E-state index is -1.37. The van der Waals surface area contributed by atoms with Gasteiger partial charge < -0.3 is 25.0 Å². The molecule has 2 atom stereocenters. The Bertz CT molecular complexity index is 1470. The summed E-state index contributed by atoms with van der Waals surface area (Å²) in [4.78, 5) is 70.8. The summed E-state index contributed by atoms with van der Waals surface area (Å²) in [6.07, 6.45) is 6.55. The predicted octanol–water partition coefficient (Wildman–Crippen LogP) is 4.21. The summed E-state index contributed by atoms with van der Waals surface area (Å²) in [5, 5.41) is 11.7. The Morgan fingerprint density at radius 1 is 0.978 bits per heavy atom. The lowest BCUT2D eigenvalue weighted by molar-refractivity contribution is -0.150. The zero-order valence-corrected chi connectivity index (χ0v) is 25.9. The summed E-state index contributed by atoms with van der Waals surface area (Å²) < 4.78 is 5.43. The molecule has 1 aliphatic heterocycles. The Hall–Kier alpha value is -4.21. The Kier molecular flexibility index (Phi) is 8.41. The van der Waals surface area contributed by atoms with E-state index < -0.39 is 48.6 Å². The van der Waals surface area contributed by atoms with Crippen molar-refractivity contribution in [2.24, 2.45) is 23.2 Å². The summed E-state index contributed by atoms with van der Waals surface area (Å²) >= 11 is 0.